The lowest BCUT2D eigenvalue weighted by molar-refractivity contribution is -0.130. The SMILES string of the molecule is C=CCN(Cc1cccn1Cc1ccccc1Cl)C(=O)Cc1ccccc1. The van der Waals surface area contributed by atoms with E-state index in [1.807, 2.05) is 77.8 Å². The van der Waals surface area contributed by atoms with E-state index in [0.29, 0.717) is 26.1 Å². The highest BCUT2D eigenvalue weighted by Gasteiger charge is 2.15. The van der Waals surface area contributed by atoms with Crippen molar-refractivity contribution in [3.8, 4) is 0 Å². The second kappa shape index (κ2) is 9.24. The van der Waals surface area contributed by atoms with Crippen LogP contribution in [0, 0.1) is 0 Å². The first-order valence-corrected chi connectivity index (χ1v) is 9.35. The van der Waals surface area contributed by atoms with E-state index in [0.717, 1.165) is 21.8 Å². The Labute approximate surface area is 165 Å². The van der Waals surface area contributed by atoms with Gasteiger partial charge in [0.2, 0.25) is 5.91 Å². The van der Waals surface area contributed by atoms with Crippen LogP contribution in [0.15, 0.2) is 85.6 Å². The molecular formula is C23H23ClN2O. The van der Waals surface area contributed by atoms with Crippen LogP contribution in [0.5, 0.6) is 0 Å². The second-order valence-corrected chi connectivity index (χ2v) is 6.85. The van der Waals surface area contributed by atoms with Gasteiger partial charge in [0.25, 0.3) is 0 Å². The minimum atomic E-state index is 0.0894. The fraction of sp³-hybridized carbons (Fsp3) is 0.174. The Balaban J connectivity index is 1.73. The van der Waals surface area contributed by atoms with Crippen molar-refractivity contribution in [2.75, 3.05) is 6.54 Å². The zero-order chi connectivity index (χ0) is 19.1. The summed E-state index contributed by atoms with van der Waals surface area (Å²) >= 11 is 6.30. The Hall–Kier alpha value is -2.78. The number of halogens is 1. The number of carbonyl (C=O) groups excluding carboxylic acids is 1. The summed E-state index contributed by atoms with van der Waals surface area (Å²) in [6.45, 7) is 5.53. The maximum Gasteiger partial charge on any atom is 0.227 e. The van der Waals surface area contributed by atoms with Gasteiger partial charge in [-0.15, -0.1) is 6.58 Å². The van der Waals surface area contributed by atoms with Crippen LogP contribution in [-0.2, 0) is 24.3 Å². The van der Waals surface area contributed by atoms with Crippen LogP contribution in [0.2, 0.25) is 5.02 Å². The van der Waals surface area contributed by atoms with E-state index in [-0.39, 0.29) is 5.91 Å². The number of hydrogen-bond donors (Lipinski definition) is 0. The summed E-state index contributed by atoms with van der Waals surface area (Å²) in [4.78, 5) is 14.6. The van der Waals surface area contributed by atoms with Crippen molar-refractivity contribution in [2.24, 2.45) is 0 Å². The molecule has 0 bridgehead atoms. The molecule has 0 spiro atoms. The molecule has 27 heavy (non-hydrogen) atoms. The van der Waals surface area contributed by atoms with E-state index in [2.05, 4.69) is 11.1 Å². The average Bonchev–Trinajstić information content (AvgIpc) is 3.11. The van der Waals surface area contributed by atoms with Crippen LogP contribution < -0.4 is 0 Å². The van der Waals surface area contributed by atoms with Gasteiger partial charge in [-0.25, -0.2) is 0 Å². The van der Waals surface area contributed by atoms with Gasteiger partial charge in [-0.2, -0.15) is 0 Å². The molecule has 3 nitrogen and oxygen atoms in total. The molecule has 138 valence electrons. The van der Waals surface area contributed by atoms with Gasteiger partial charge in [-0.3, -0.25) is 4.79 Å². The first-order valence-electron chi connectivity index (χ1n) is 8.97. The number of benzene rings is 2. The third-order valence-corrected chi connectivity index (χ3v) is 4.84. The van der Waals surface area contributed by atoms with Gasteiger partial charge in [0, 0.05) is 30.0 Å². The summed E-state index contributed by atoms with van der Waals surface area (Å²) in [6.07, 6.45) is 4.18. The lowest BCUT2D eigenvalue weighted by atomic mass is 10.1. The molecule has 0 aliphatic carbocycles. The highest BCUT2D eigenvalue weighted by molar-refractivity contribution is 6.31. The third-order valence-electron chi connectivity index (χ3n) is 4.48. The Kier molecular flexibility index (Phi) is 6.50. The van der Waals surface area contributed by atoms with E-state index in [4.69, 9.17) is 11.6 Å². The van der Waals surface area contributed by atoms with Crippen LogP contribution in [0.4, 0.5) is 0 Å². The lowest BCUT2D eigenvalue weighted by Gasteiger charge is -2.22. The van der Waals surface area contributed by atoms with Crippen molar-refractivity contribution in [3.05, 3.63) is 107 Å². The van der Waals surface area contributed by atoms with Crippen molar-refractivity contribution in [1.29, 1.82) is 0 Å². The molecule has 0 atom stereocenters. The summed E-state index contributed by atoms with van der Waals surface area (Å²) in [7, 11) is 0. The maximum atomic E-state index is 12.8. The Morgan fingerprint density at radius 1 is 1.04 bits per heavy atom. The maximum absolute atomic E-state index is 12.8. The van der Waals surface area contributed by atoms with E-state index in [1.165, 1.54) is 0 Å². The molecule has 1 amide bonds. The van der Waals surface area contributed by atoms with Crippen molar-refractivity contribution in [2.45, 2.75) is 19.5 Å². The highest BCUT2D eigenvalue weighted by Crippen LogP contribution is 2.18. The van der Waals surface area contributed by atoms with Crippen LogP contribution in [0.25, 0.3) is 0 Å². The second-order valence-electron chi connectivity index (χ2n) is 6.44. The first kappa shape index (κ1) is 19.0. The molecular weight excluding hydrogens is 356 g/mol. The Morgan fingerprint density at radius 2 is 1.78 bits per heavy atom. The monoisotopic (exact) mass is 378 g/mol. The zero-order valence-corrected chi connectivity index (χ0v) is 16.0. The topological polar surface area (TPSA) is 25.2 Å². The number of hydrogen-bond acceptors (Lipinski definition) is 1. The highest BCUT2D eigenvalue weighted by atomic mass is 35.5. The Bertz CT molecular complexity index is 902. The number of nitrogens with zero attached hydrogens (tertiary/aromatic N) is 2. The minimum Gasteiger partial charge on any atom is -0.345 e. The summed E-state index contributed by atoms with van der Waals surface area (Å²) < 4.78 is 2.13. The van der Waals surface area contributed by atoms with Crippen molar-refractivity contribution in [3.63, 3.8) is 0 Å². The quantitative estimate of drug-likeness (QED) is 0.509. The molecule has 0 N–H and O–H groups in total. The number of rotatable bonds is 8. The first-order chi connectivity index (χ1) is 13.2. The van der Waals surface area contributed by atoms with Gasteiger partial charge in [0.1, 0.15) is 0 Å². The molecule has 4 heteroatoms. The lowest BCUT2D eigenvalue weighted by Crippen LogP contribution is -2.32. The van der Waals surface area contributed by atoms with Gasteiger partial charge in [-0.05, 0) is 29.3 Å². The zero-order valence-electron chi connectivity index (χ0n) is 15.2. The predicted molar refractivity (Wildman–Crippen MR) is 111 cm³/mol. The van der Waals surface area contributed by atoms with Crippen molar-refractivity contribution in [1.82, 2.24) is 9.47 Å². The molecule has 1 aromatic heterocycles. The molecule has 3 rings (SSSR count). The summed E-state index contributed by atoms with van der Waals surface area (Å²) in [5, 5.41) is 0.750. The van der Waals surface area contributed by atoms with Crippen LogP contribution in [0.3, 0.4) is 0 Å². The molecule has 0 aliphatic rings. The third kappa shape index (κ3) is 5.11. The fourth-order valence-corrected chi connectivity index (χ4v) is 3.24. The van der Waals surface area contributed by atoms with Crippen LogP contribution in [-0.4, -0.2) is 21.9 Å². The molecule has 0 saturated heterocycles. The fourth-order valence-electron chi connectivity index (χ4n) is 3.05. The minimum absolute atomic E-state index is 0.0894. The molecule has 0 saturated carbocycles. The molecule has 0 radical (unpaired) electrons. The van der Waals surface area contributed by atoms with Crippen molar-refractivity contribution < 1.29 is 4.79 Å². The largest absolute Gasteiger partial charge is 0.345 e. The molecule has 0 fully saturated rings. The standard InChI is InChI=1S/C23H23ClN2O/c1-2-14-26(23(27)16-19-9-4-3-5-10-19)18-21-12-8-15-25(21)17-20-11-6-7-13-22(20)24/h2-13,15H,1,14,16-18H2. The van der Waals surface area contributed by atoms with Crippen LogP contribution in [0.1, 0.15) is 16.8 Å². The van der Waals surface area contributed by atoms with E-state index < -0.39 is 0 Å². The molecule has 2 aromatic carbocycles. The summed E-state index contributed by atoms with van der Waals surface area (Å²) in [6, 6.07) is 21.7. The number of aromatic nitrogens is 1. The van der Waals surface area contributed by atoms with E-state index in [1.54, 1.807) is 6.08 Å². The normalized spacial score (nSPS) is 10.6. The molecule has 0 unspecified atom stereocenters. The molecule has 1 heterocycles. The Morgan fingerprint density at radius 3 is 2.52 bits per heavy atom. The van der Waals surface area contributed by atoms with Crippen molar-refractivity contribution >= 4 is 17.5 Å². The molecule has 0 aliphatic heterocycles. The number of amides is 1. The van der Waals surface area contributed by atoms with E-state index in [9.17, 15) is 4.79 Å². The number of carbonyl (C=O) groups is 1. The summed E-state index contributed by atoms with van der Waals surface area (Å²) in [5.74, 6) is 0.0894. The van der Waals surface area contributed by atoms with Crippen LogP contribution >= 0.6 is 11.6 Å². The smallest absolute Gasteiger partial charge is 0.227 e. The van der Waals surface area contributed by atoms with Gasteiger partial charge in [-0.1, -0.05) is 66.2 Å². The summed E-state index contributed by atoms with van der Waals surface area (Å²) in [5.41, 5.74) is 3.14. The predicted octanol–water partition coefficient (Wildman–Crippen LogP) is 4.95. The van der Waals surface area contributed by atoms with Gasteiger partial charge >= 0.3 is 0 Å². The van der Waals surface area contributed by atoms with Gasteiger partial charge in [0.05, 0.1) is 13.0 Å². The van der Waals surface area contributed by atoms with E-state index >= 15 is 0 Å². The van der Waals surface area contributed by atoms with Gasteiger partial charge in [0.15, 0.2) is 0 Å². The van der Waals surface area contributed by atoms with Gasteiger partial charge < -0.3 is 9.47 Å². The molecule has 3 aromatic rings. The average molecular weight is 379 g/mol.